The fourth-order valence-corrected chi connectivity index (χ4v) is 5.16. The third kappa shape index (κ3) is 3.37. The van der Waals surface area contributed by atoms with Crippen LogP contribution < -0.4 is 5.56 Å². The van der Waals surface area contributed by atoms with Crippen LogP contribution in [-0.4, -0.2) is 38.7 Å². The highest BCUT2D eigenvalue weighted by Gasteiger charge is 2.29. The first-order valence-electron chi connectivity index (χ1n) is 8.26. The number of amides is 1. The van der Waals surface area contributed by atoms with E-state index in [1.165, 1.54) is 29.5 Å². The number of hydrogen-bond donors (Lipinski definition) is 0. The van der Waals surface area contributed by atoms with E-state index in [1.54, 1.807) is 17.7 Å². The maximum absolute atomic E-state index is 12.8. The highest BCUT2D eigenvalue weighted by Crippen LogP contribution is 2.27. The molecule has 7 heteroatoms. The highest BCUT2D eigenvalue weighted by atomic mass is 32.2. The Hall–Kier alpha value is -1.34. The van der Waals surface area contributed by atoms with E-state index in [0.717, 1.165) is 17.9 Å². The Morgan fingerprint density at radius 3 is 2.71 bits per heavy atom. The monoisotopic (exact) mass is 365 g/mol. The number of piperidine rings is 1. The number of likely N-dealkylation sites (tertiary alicyclic amines) is 1. The molecule has 3 atom stereocenters. The average Bonchev–Trinajstić information content (AvgIpc) is 2.99. The molecule has 1 aliphatic heterocycles. The Labute approximate surface area is 150 Å². The Morgan fingerprint density at radius 1 is 1.38 bits per heavy atom. The van der Waals surface area contributed by atoms with Crippen molar-refractivity contribution < 1.29 is 4.79 Å². The quantitative estimate of drug-likeness (QED) is 0.620. The maximum Gasteiger partial charge on any atom is 0.262 e. The minimum Gasteiger partial charge on any atom is -0.341 e. The lowest BCUT2D eigenvalue weighted by Gasteiger charge is -2.36. The van der Waals surface area contributed by atoms with Gasteiger partial charge in [0, 0.05) is 20.1 Å². The Kier molecular flexibility index (Phi) is 5.01. The van der Waals surface area contributed by atoms with E-state index in [1.807, 2.05) is 17.2 Å². The molecule has 0 aromatic carbocycles. The molecule has 3 heterocycles. The average molecular weight is 366 g/mol. The number of thioether (sulfide) groups is 1. The normalized spacial score (nSPS) is 22.8. The van der Waals surface area contributed by atoms with Gasteiger partial charge in [-0.2, -0.15) is 0 Å². The van der Waals surface area contributed by atoms with Crippen molar-refractivity contribution in [2.75, 3.05) is 13.1 Å². The zero-order chi connectivity index (χ0) is 17.4. The van der Waals surface area contributed by atoms with E-state index in [4.69, 9.17) is 0 Å². The molecular formula is C17H23N3O2S2. The topological polar surface area (TPSA) is 55.2 Å². The molecule has 24 heavy (non-hydrogen) atoms. The van der Waals surface area contributed by atoms with Crippen LogP contribution in [0.5, 0.6) is 0 Å². The number of carbonyl (C=O) groups excluding carboxylic acids is 1. The van der Waals surface area contributed by atoms with E-state index in [-0.39, 0.29) is 16.7 Å². The molecule has 1 saturated heterocycles. The van der Waals surface area contributed by atoms with Crippen LogP contribution in [0.1, 0.15) is 27.2 Å². The van der Waals surface area contributed by atoms with Crippen molar-refractivity contribution in [3.63, 3.8) is 0 Å². The van der Waals surface area contributed by atoms with Crippen molar-refractivity contribution >= 4 is 39.2 Å². The summed E-state index contributed by atoms with van der Waals surface area (Å²) in [5.41, 5.74) is -0.0522. The van der Waals surface area contributed by atoms with Crippen LogP contribution in [-0.2, 0) is 11.8 Å². The Balaban J connectivity index is 1.79. The summed E-state index contributed by atoms with van der Waals surface area (Å²) in [4.78, 5) is 32.4. The Bertz CT molecular complexity index is 804. The summed E-state index contributed by atoms with van der Waals surface area (Å²) in [6.07, 6.45) is 1.18. The lowest BCUT2D eigenvalue weighted by molar-refractivity contribution is -0.132. The Morgan fingerprint density at radius 2 is 2.04 bits per heavy atom. The van der Waals surface area contributed by atoms with Crippen LogP contribution in [0.15, 0.2) is 21.4 Å². The minimum atomic E-state index is -0.252. The first kappa shape index (κ1) is 17.5. The number of carbonyl (C=O) groups is 1. The van der Waals surface area contributed by atoms with Gasteiger partial charge in [-0.25, -0.2) is 4.98 Å². The SMILES string of the molecule is C[C@H]1C[C@H](C)CN(C(=O)[C@@H](C)Sc2nc3sccc3c(=O)n2C)C1. The maximum atomic E-state index is 12.8. The van der Waals surface area contributed by atoms with Gasteiger partial charge in [-0.1, -0.05) is 25.6 Å². The molecule has 1 aliphatic rings. The lowest BCUT2D eigenvalue weighted by Crippen LogP contribution is -2.45. The zero-order valence-corrected chi connectivity index (χ0v) is 16.1. The number of thiophene rings is 1. The van der Waals surface area contributed by atoms with Gasteiger partial charge in [0.25, 0.3) is 5.56 Å². The van der Waals surface area contributed by atoms with Crippen LogP contribution in [0.4, 0.5) is 0 Å². The molecule has 0 unspecified atom stereocenters. The van der Waals surface area contributed by atoms with Gasteiger partial charge in [-0.3, -0.25) is 14.2 Å². The van der Waals surface area contributed by atoms with Crippen LogP contribution >= 0.6 is 23.1 Å². The van der Waals surface area contributed by atoms with Gasteiger partial charge in [0.05, 0.1) is 10.6 Å². The number of aromatic nitrogens is 2. The first-order valence-corrected chi connectivity index (χ1v) is 10.0. The molecule has 130 valence electrons. The van der Waals surface area contributed by atoms with Crippen LogP contribution in [0.2, 0.25) is 0 Å². The van der Waals surface area contributed by atoms with Gasteiger partial charge in [0.1, 0.15) is 4.83 Å². The largest absolute Gasteiger partial charge is 0.341 e. The number of hydrogen-bond acceptors (Lipinski definition) is 5. The van der Waals surface area contributed by atoms with Crippen molar-refractivity contribution in [1.29, 1.82) is 0 Å². The summed E-state index contributed by atoms with van der Waals surface area (Å²) in [6.45, 7) is 7.95. The number of nitrogens with zero attached hydrogens (tertiary/aromatic N) is 3. The predicted octanol–water partition coefficient (Wildman–Crippen LogP) is 2.98. The first-order chi connectivity index (χ1) is 11.4. The fourth-order valence-electron chi connectivity index (χ4n) is 3.39. The summed E-state index contributed by atoms with van der Waals surface area (Å²) in [7, 11) is 1.72. The predicted molar refractivity (Wildman–Crippen MR) is 99.7 cm³/mol. The van der Waals surface area contributed by atoms with Gasteiger partial charge < -0.3 is 4.90 Å². The molecule has 2 aromatic rings. The molecular weight excluding hydrogens is 342 g/mol. The van der Waals surface area contributed by atoms with Crippen LogP contribution in [0.25, 0.3) is 10.2 Å². The third-order valence-corrected chi connectivity index (χ3v) is 6.41. The standard InChI is InChI=1S/C17H23N3O2S2/c1-10-7-11(2)9-20(8-10)15(21)12(3)24-17-18-14-13(5-6-23-14)16(22)19(17)4/h5-6,10-12H,7-9H2,1-4H3/t10-,11-,12+/m0/s1. The minimum absolute atomic E-state index is 0.0522. The summed E-state index contributed by atoms with van der Waals surface area (Å²) in [5.74, 6) is 1.22. The van der Waals surface area contributed by atoms with Crippen molar-refractivity contribution in [2.45, 2.75) is 37.6 Å². The fraction of sp³-hybridized carbons (Fsp3) is 0.588. The van der Waals surface area contributed by atoms with Crippen molar-refractivity contribution in [2.24, 2.45) is 18.9 Å². The smallest absolute Gasteiger partial charge is 0.262 e. The summed E-state index contributed by atoms with van der Waals surface area (Å²) in [5, 5.41) is 2.87. The second-order valence-electron chi connectivity index (χ2n) is 6.85. The molecule has 0 bridgehead atoms. The second kappa shape index (κ2) is 6.88. The zero-order valence-electron chi connectivity index (χ0n) is 14.5. The summed E-state index contributed by atoms with van der Waals surface area (Å²) in [6, 6.07) is 1.80. The molecule has 0 aliphatic carbocycles. The highest BCUT2D eigenvalue weighted by molar-refractivity contribution is 8.00. The molecule has 2 aromatic heterocycles. The van der Waals surface area contributed by atoms with E-state index in [2.05, 4.69) is 18.8 Å². The van der Waals surface area contributed by atoms with E-state index in [9.17, 15) is 9.59 Å². The van der Waals surface area contributed by atoms with Gasteiger partial charge in [-0.15, -0.1) is 11.3 Å². The molecule has 0 N–H and O–H groups in total. The third-order valence-electron chi connectivity index (χ3n) is 4.47. The van der Waals surface area contributed by atoms with E-state index >= 15 is 0 Å². The van der Waals surface area contributed by atoms with Crippen LogP contribution in [0, 0.1) is 11.8 Å². The lowest BCUT2D eigenvalue weighted by atomic mass is 9.92. The van der Waals surface area contributed by atoms with Crippen LogP contribution in [0.3, 0.4) is 0 Å². The van der Waals surface area contributed by atoms with Gasteiger partial charge in [0.2, 0.25) is 5.91 Å². The van der Waals surface area contributed by atoms with Gasteiger partial charge in [0.15, 0.2) is 5.16 Å². The van der Waals surface area contributed by atoms with Crippen molar-refractivity contribution in [3.8, 4) is 0 Å². The van der Waals surface area contributed by atoms with Gasteiger partial charge in [-0.05, 0) is 36.6 Å². The summed E-state index contributed by atoms with van der Waals surface area (Å²) >= 11 is 2.83. The van der Waals surface area contributed by atoms with E-state index < -0.39 is 0 Å². The molecule has 5 nitrogen and oxygen atoms in total. The molecule has 0 spiro atoms. The summed E-state index contributed by atoms with van der Waals surface area (Å²) < 4.78 is 1.55. The second-order valence-corrected chi connectivity index (χ2v) is 9.05. The molecule has 1 amide bonds. The molecule has 0 saturated carbocycles. The molecule has 0 radical (unpaired) electrons. The van der Waals surface area contributed by atoms with Crippen molar-refractivity contribution in [1.82, 2.24) is 14.5 Å². The number of fused-ring (bicyclic) bond motifs is 1. The van der Waals surface area contributed by atoms with E-state index in [0.29, 0.717) is 22.4 Å². The number of rotatable bonds is 3. The van der Waals surface area contributed by atoms with Gasteiger partial charge >= 0.3 is 0 Å². The molecule has 3 rings (SSSR count). The van der Waals surface area contributed by atoms with Crippen molar-refractivity contribution in [3.05, 3.63) is 21.8 Å². The molecule has 1 fully saturated rings.